The summed E-state index contributed by atoms with van der Waals surface area (Å²) in [6.45, 7) is 2.65. The zero-order valence-electron chi connectivity index (χ0n) is 11.9. The number of ether oxygens (including phenoxy) is 1. The molecule has 0 radical (unpaired) electrons. The molecule has 1 aromatic rings. The number of nitrogens with one attached hydrogen (secondary N) is 2. The predicted octanol–water partition coefficient (Wildman–Crippen LogP) is 1.04. The number of amides is 1. The van der Waals surface area contributed by atoms with Gasteiger partial charge in [-0.2, -0.15) is 0 Å². The Morgan fingerprint density at radius 2 is 1.63 bits per heavy atom. The minimum atomic E-state index is 0.0888. The first-order valence-electron chi connectivity index (χ1n) is 6.46. The van der Waals surface area contributed by atoms with Crippen molar-refractivity contribution >= 4 is 11.6 Å². The third kappa shape index (κ3) is 4.89. The summed E-state index contributed by atoms with van der Waals surface area (Å²) in [6.07, 6.45) is 0. The van der Waals surface area contributed by atoms with Crippen LogP contribution >= 0.6 is 0 Å². The summed E-state index contributed by atoms with van der Waals surface area (Å²) >= 11 is 0. The molecule has 1 aliphatic rings. The minimum absolute atomic E-state index is 0.0888. The summed E-state index contributed by atoms with van der Waals surface area (Å²) in [5, 5.41) is 5.78. The summed E-state index contributed by atoms with van der Waals surface area (Å²) < 4.78 is 5.22. The van der Waals surface area contributed by atoms with Crippen LogP contribution in [0.2, 0.25) is 0 Å². The number of carbonyl (C=O) groups excluding carboxylic acids is 1. The first-order chi connectivity index (χ1) is 9.22. The standard InChI is InChI=1S/C12H16N2O2.C2H7N/c1-13-11-4-2-10(3-5-11)12(15)14-6-8-16-9-7-14;1-3-2/h2-5,13H,6-9H2,1H3;3H,1-2H3. The molecule has 0 aliphatic carbocycles. The zero-order valence-corrected chi connectivity index (χ0v) is 11.9. The van der Waals surface area contributed by atoms with Gasteiger partial charge in [0.2, 0.25) is 0 Å². The van der Waals surface area contributed by atoms with Gasteiger partial charge < -0.3 is 20.3 Å². The summed E-state index contributed by atoms with van der Waals surface area (Å²) in [5.41, 5.74) is 1.75. The average molecular weight is 265 g/mol. The van der Waals surface area contributed by atoms with Gasteiger partial charge in [0.1, 0.15) is 0 Å². The summed E-state index contributed by atoms with van der Waals surface area (Å²) in [7, 11) is 5.61. The smallest absolute Gasteiger partial charge is 0.254 e. The van der Waals surface area contributed by atoms with E-state index in [4.69, 9.17) is 4.74 Å². The van der Waals surface area contributed by atoms with Crippen molar-refractivity contribution in [3.8, 4) is 0 Å². The second kappa shape index (κ2) is 8.50. The Balaban J connectivity index is 0.000000550. The molecule has 106 valence electrons. The van der Waals surface area contributed by atoms with Crippen LogP contribution in [0, 0.1) is 0 Å². The highest BCUT2D eigenvalue weighted by Gasteiger charge is 2.17. The Morgan fingerprint density at radius 3 is 2.11 bits per heavy atom. The van der Waals surface area contributed by atoms with E-state index in [0.717, 1.165) is 11.3 Å². The lowest BCUT2D eigenvalue weighted by Crippen LogP contribution is -2.40. The molecule has 0 saturated carbocycles. The lowest BCUT2D eigenvalue weighted by molar-refractivity contribution is 0.0303. The minimum Gasteiger partial charge on any atom is -0.388 e. The molecule has 1 fully saturated rings. The number of hydrogen-bond donors (Lipinski definition) is 2. The number of hydrogen-bond acceptors (Lipinski definition) is 4. The quantitative estimate of drug-likeness (QED) is 0.839. The number of morpholine rings is 1. The second-order valence-corrected chi connectivity index (χ2v) is 4.23. The van der Waals surface area contributed by atoms with Gasteiger partial charge in [-0.3, -0.25) is 4.79 Å². The van der Waals surface area contributed by atoms with E-state index >= 15 is 0 Å². The summed E-state index contributed by atoms with van der Waals surface area (Å²) in [4.78, 5) is 13.9. The van der Waals surface area contributed by atoms with Crippen molar-refractivity contribution in [2.75, 3.05) is 52.8 Å². The highest BCUT2D eigenvalue weighted by molar-refractivity contribution is 5.94. The van der Waals surface area contributed by atoms with Crippen LogP contribution in [0.3, 0.4) is 0 Å². The van der Waals surface area contributed by atoms with Crippen LogP contribution in [0.1, 0.15) is 10.4 Å². The topological polar surface area (TPSA) is 53.6 Å². The van der Waals surface area contributed by atoms with Crippen molar-refractivity contribution in [1.29, 1.82) is 0 Å². The Labute approximate surface area is 114 Å². The predicted molar refractivity (Wildman–Crippen MR) is 77.7 cm³/mol. The number of anilines is 1. The molecular formula is C14H23N3O2. The fourth-order valence-electron chi connectivity index (χ4n) is 1.73. The van der Waals surface area contributed by atoms with Crippen molar-refractivity contribution in [1.82, 2.24) is 10.2 Å². The molecule has 1 aliphatic heterocycles. The zero-order chi connectivity index (χ0) is 14.1. The van der Waals surface area contributed by atoms with Gasteiger partial charge in [0.05, 0.1) is 13.2 Å². The maximum absolute atomic E-state index is 12.0. The fraction of sp³-hybridized carbons (Fsp3) is 0.500. The molecule has 5 nitrogen and oxygen atoms in total. The SMILES string of the molecule is CNC.CNc1ccc(C(=O)N2CCOCC2)cc1. The molecule has 5 heteroatoms. The molecule has 0 spiro atoms. The lowest BCUT2D eigenvalue weighted by Gasteiger charge is -2.26. The largest absolute Gasteiger partial charge is 0.388 e. The van der Waals surface area contributed by atoms with Gasteiger partial charge in [0.15, 0.2) is 0 Å². The van der Waals surface area contributed by atoms with Crippen molar-refractivity contribution in [3.05, 3.63) is 29.8 Å². The Kier molecular flexibility index (Phi) is 6.92. The molecule has 0 aromatic heterocycles. The second-order valence-electron chi connectivity index (χ2n) is 4.23. The van der Waals surface area contributed by atoms with Crippen molar-refractivity contribution in [3.63, 3.8) is 0 Å². The Bertz CT molecular complexity index is 373. The molecule has 0 atom stereocenters. The third-order valence-electron chi connectivity index (χ3n) is 2.72. The molecule has 2 N–H and O–H groups in total. The highest BCUT2D eigenvalue weighted by atomic mass is 16.5. The third-order valence-corrected chi connectivity index (χ3v) is 2.72. The van der Waals surface area contributed by atoms with Gasteiger partial charge in [-0.05, 0) is 38.4 Å². The van der Waals surface area contributed by atoms with Gasteiger partial charge in [0, 0.05) is 31.4 Å². The molecule has 2 rings (SSSR count). The number of carbonyl (C=O) groups is 1. The normalized spacial score (nSPS) is 14.4. The molecule has 1 heterocycles. The van der Waals surface area contributed by atoms with Crippen molar-refractivity contribution in [2.45, 2.75) is 0 Å². The molecule has 19 heavy (non-hydrogen) atoms. The van der Waals surface area contributed by atoms with E-state index in [0.29, 0.717) is 26.3 Å². The lowest BCUT2D eigenvalue weighted by atomic mass is 10.1. The first-order valence-corrected chi connectivity index (χ1v) is 6.46. The molecule has 1 aromatic carbocycles. The van der Waals surface area contributed by atoms with E-state index in [9.17, 15) is 4.79 Å². The monoisotopic (exact) mass is 265 g/mol. The van der Waals surface area contributed by atoms with Crippen LogP contribution in [0.15, 0.2) is 24.3 Å². The van der Waals surface area contributed by atoms with Gasteiger partial charge in [0.25, 0.3) is 5.91 Å². The number of rotatable bonds is 2. The van der Waals surface area contributed by atoms with E-state index in [1.165, 1.54) is 0 Å². The van der Waals surface area contributed by atoms with E-state index in [1.807, 2.05) is 50.3 Å². The van der Waals surface area contributed by atoms with E-state index in [2.05, 4.69) is 10.6 Å². The Morgan fingerprint density at radius 1 is 1.11 bits per heavy atom. The van der Waals surface area contributed by atoms with E-state index in [-0.39, 0.29) is 5.91 Å². The molecule has 1 saturated heterocycles. The van der Waals surface area contributed by atoms with Crippen molar-refractivity contribution < 1.29 is 9.53 Å². The maximum Gasteiger partial charge on any atom is 0.254 e. The molecule has 1 amide bonds. The number of benzene rings is 1. The molecule has 0 bridgehead atoms. The van der Waals surface area contributed by atoms with Crippen LogP contribution in [0.25, 0.3) is 0 Å². The van der Waals surface area contributed by atoms with E-state index in [1.54, 1.807) is 0 Å². The molecule has 0 unspecified atom stereocenters. The van der Waals surface area contributed by atoms with Gasteiger partial charge >= 0.3 is 0 Å². The number of nitrogens with zero attached hydrogens (tertiary/aromatic N) is 1. The highest BCUT2D eigenvalue weighted by Crippen LogP contribution is 2.11. The van der Waals surface area contributed by atoms with Crippen LogP contribution in [0.5, 0.6) is 0 Å². The van der Waals surface area contributed by atoms with Crippen LogP contribution in [-0.2, 0) is 4.74 Å². The Hall–Kier alpha value is -1.59. The van der Waals surface area contributed by atoms with Crippen molar-refractivity contribution in [2.24, 2.45) is 0 Å². The summed E-state index contributed by atoms with van der Waals surface area (Å²) in [6, 6.07) is 7.52. The maximum atomic E-state index is 12.0. The average Bonchev–Trinajstić information content (AvgIpc) is 2.48. The van der Waals surface area contributed by atoms with E-state index < -0.39 is 0 Å². The first kappa shape index (κ1) is 15.5. The fourth-order valence-corrected chi connectivity index (χ4v) is 1.73. The van der Waals surface area contributed by atoms with Gasteiger partial charge in [-0.1, -0.05) is 0 Å². The summed E-state index contributed by atoms with van der Waals surface area (Å²) in [5.74, 6) is 0.0888. The van der Waals surface area contributed by atoms with Crippen LogP contribution < -0.4 is 10.6 Å². The van der Waals surface area contributed by atoms with Crippen LogP contribution in [0.4, 0.5) is 5.69 Å². The molecular weight excluding hydrogens is 242 g/mol. The van der Waals surface area contributed by atoms with Gasteiger partial charge in [-0.15, -0.1) is 0 Å². The van der Waals surface area contributed by atoms with Gasteiger partial charge in [-0.25, -0.2) is 0 Å². The van der Waals surface area contributed by atoms with Crippen LogP contribution in [-0.4, -0.2) is 58.3 Å².